The van der Waals surface area contributed by atoms with Crippen molar-refractivity contribution in [2.45, 2.75) is 62.9 Å². The van der Waals surface area contributed by atoms with Gasteiger partial charge in [0, 0.05) is 23.5 Å². The van der Waals surface area contributed by atoms with Crippen LogP contribution in [0.15, 0.2) is 16.3 Å². The van der Waals surface area contributed by atoms with Gasteiger partial charge in [-0.3, -0.25) is 0 Å². The number of hydrogen-bond acceptors (Lipinski definition) is 4. The summed E-state index contributed by atoms with van der Waals surface area (Å²) in [4.78, 5) is 1.05. The molecule has 0 radical (unpaired) electrons. The lowest BCUT2D eigenvalue weighted by Crippen LogP contribution is -2.32. The molecule has 0 saturated heterocycles. The molecule has 2 N–H and O–H groups in total. The third kappa shape index (κ3) is 4.28. The second-order valence-electron chi connectivity index (χ2n) is 5.99. The highest BCUT2D eigenvalue weighted by Crippen LogP contribution is 2.27. The lowest BCUT2D eigenvalue weighted by molar-refractivity contribution is 0.540. The highest BCUT2D eigenvalue weighted by Gasteiger charge is 2.27. The van der Waals surface area contributed by atoms with Gasteiger partial charge in [0.05, 0.1) is 0 Å². The molecule has 2 unspecified atom stereocenters. The number of sulfonamides is 1. The predicted octanol–water partition coefficient (Wildman–Crippen LogP) is 2.71. The van der Waals surface area contributed by atoms with Crippen LogP contribution in [0.5, 0.6) is 0 Å². The molecule has 2 rings (SSSR count). The molecule has 1 aromatic rings. The molecule has 0 aliphatic heterocycles. The first kappa shape index (κ1) is 15.9. The molecular formula is C14H24N2O2S2. The average Bonchev–Trinajstić information content (AvgIpc) is 2.95. The van der Waals surface area contributed by atoms with Crippen LogP contribution in [0.2, 0.25) is 0 Å². The fourth-order valence-corrected chi connectivity index (χ4v) is 5.10. The second kappa shape index (κ2) is 6.56. The smallest absolute Gasteiger partial charge is 0.250 e. The number of thiophene rings is 1. The minimum absolute atomic E-state index is 0.106. The fraction of sp³-hybridized carbons (Fsp3) is 0.714. The zero-order valence-corrected chi connectivity index (χ0v) is 14.0. The second-order valence-corrected chi connectivity index (χ2v) is 9.10. The van der Waals surface area contributed by atoms with Crippen molar-refractivity contribution in [1.82, 2.24) is 10.0 Å². The van der Waals surface area contributed by atoms with Crippen LogP contribution in [0.3, 0.4) is 0 Å². The Hall–Kier alpha value is -0.430. The Morgan fingerprint density at radius 3 is 2.70 bits per heavy atom. The average molecular weight is 316 g/mol. The molecule has 20 heavy (non-hydrogen) atoms. The minimum atomic E-state index is -3.34. The zero-order chi connectivity index (χ0) is 14.8. The summed E-state index contributed by atoms with van der Waals surface area (Å²) in [6.45, 7) is 7.05. The zero-order valence-electron chi connectivity index (χ0n) is 12.3. The summed E-state index contributed by atoms with van der Waals surface area (Å²) >= 11 is 1.35. The van der Waals surface area contributed by atoms with Gasteiger partial charge in [0.1, 0.15) is 4.21 Å². The number of hydrogen-bond donors (Lipinski definition) is 2. The topological polar surface area (TPSA) is 58.2 Å². The summed E-state index contributed by atoms with van der Waals surface area (Å²) in [5, 5.41) is 3.30. The van der Waals surface area contributed by atoms with E-state index in [9.17, 15) is 8.42 Å². The van der Waals surface area contributed by atoms with E-state index in [1.807, 2.05) is 6.07 Å². The third-order valence-electron chi connectivity index (χ3n) is 3.60. The maximum atomic E-state index is 12.3. The molecule has 1 saturated carbocycles. The van der Waals surface area contributed by atoms with Crippen molar-refractivity contribution in [2.24, 2.45) is 5.92 Å². The summed E-state index contributed by atoms with van der Waals surface area (Å²) < 4.78 is 27.9. The van der Waals surface area contributed by atoms with Crippen LogP contribution >= 0.6 is 11.3 Å². The van der Waals surface area contributed by atoms with Gasteiger partial charge in [-0.2, -0.15) is 0 Å². The van der Waals surface area contributed by atoms with Gasteiger partial charge in [0.2, 0.25) is 10.0 Å². The summed E-state index contributed by atoms with van der Waals surface area (Å²) in [6, 6.07) is 4.11. The summed E-state index contributed by atoms with van der Waals surface area (Å²) in [6.07, 6.45) is 3.01. The Balaban J connectivity index is 1.99. The van der Waals surface area contributed by atoms with Crippen molar-refractivity contribution in [1.29, 1.82) is 0 Å². The van der Waals surface area contributed by atoms with E-state index >= 15 is 0 Å². The summed E-state index contributed by atoms with van der Waals surface area (Å²) in [5.41, 5.74) is 0. The van der Waals surface area contributed by atoms with Crippen LogP contribution in [-0.2, 0) is 16.6 Å². The molecule has 0 aromatic carbocycles. The van der Waals surface area contributed by atoms with Crippen molar-refractivity contribution >= 4 is 21.4 Å². The number of rotatable bonds is 6. The van der Waals surface area contributed by atoms with Crippen molar-refractivity contribution in [3.05, 3.63) is 17.0 Å². The van der Waals surface area contributed by atoms with Gasteiger partial charge in [-0.15, -0.1) is 11.3 Å². The first-order valence-corrected chi connectivity index (χ1v) is 9.51. The van der Waals surface area contributed by atoms with E-state index in [1.54, 1.807) is 6.07 Å². The van der Waals surface area contributed by atoms with Crippen LogP contribution < -0.4 is 10.0 Å². The van der Waals surface area contributed by atoms with Gasteiger partial charge in [-0.25, -0.2) is 13.1 Å². The molecule has 1 aliphatic rings. The highest BCUT2D eigenvalue weighted by atomic mass is 32.2. The molecule has 2 atom stereocenters. The Labute approximate surface area is 126 Å². The van der Waals surface area contributed by atoms with E-state index in [1.165, 1.54) is 11.3 Å². The van der Waals surface area contributed by atoms with Crippen molar-refractivity contribution < 1.29 is 8.42 Å². The van der Waals surface area contributed by atoms with E-state index < -0.39 is 10.0 Å². The van der Waals surface area contributed by atoms with Gasteiger partial charge >= 0.3 is 0 Å². The third-order valence-corrected chi connectivity index (χ3v) is 6.70. The van der Waals surface area contributed by atoms with Crippen LogP contribution in [0, 0.1) is 5.92 Å². The summed E-state index contributed by atoms with van der Waals surface area (Å²) in [7, 11) is -3.34. The van der Waals surface area contributed by atoms with Gasteiger partial charge < -0.3 is 5.32 Å². The Kier molecular flexibility index (Phi) is 5.23. The van der Waals surface area contributed by atoms with Crippen molar-refractivity contribution in [3.63, 3.8) is 0 Å². The van der Waals surface area contributed by atoms with Crippen molar-refractivity contribution in [2.75, 3.05) is 0 Å². The maximum Gasteiger partial charge on any atom is 0.250 e. The van der Waals surface area contributed by atoms with Crippen LogP contribution in [0.25, 0.3) is 0 Å². The van der Waals surface area contributed by atoms with E-state index in [2.05, 4.69) is 30.8 Å². The van der Waals surface area contributed by atoms with Gasteiger partial charge in [0.25, 0.3) is 0 Å². The first-order chi connectivity index (χ1) is 9.37. The van der Waals surface area contributed by atoms with Crippen LogP contribution in [-0.4, -0.2) is 20.5 Å². The van der Waals surface area contributed by atoms with E-state index in [0.29, 0.717) is 16.2 Å². The highest BCUT2D eigenvalue weighted by molar-refractivity contribution is 7.91. The maximum absolute atomic E-state index is 12.3. The molecule has 1 aliphatic carbocycles. The van der Waals surface area contributed by atoms with Gasteiger partial charge in [0.15, 0.2) is 0 Å². The monoisotopic (exact) mass is 316 g/mol. The molecule has 114 valence electrons. The quantitative estimate of drug-likeness (QED) is 0.848. The lowest BCUT2D eigenvalue weighted by Gasteiger charge is -2.11. The standard InChI is InChI=1S/C14H24N2O2S2/c1-10(2)15-9-13-6-7-14(19-13)20(17,18)16-12-5-4-11(3)8-12/h6-7,10-12,15-16H,4-5,8-9H2,1-3H3. The normalized spacial score (nSPS) is 23.6. The predicted molar refractivity (Wildman–Crippen MR) is 83.4 cm³/mol. The Morgan fingerprint density at radius 2 is 2.10 bits per heavy atom. The van der Waals surface area contributed by atoms with E-state index in [4.69, 9.17) is 0 Å². The molecule has 1 fully saturated rings. The van der Waals surface area contributed by atoms with Crippen LogP contribution in [0.4, 0.5) is 0 Å². The molecule has 1 heterocycles. The number of nitrogens with one attached hydrogen (secondary N) is 2. The molecule has 4 nitrogen and oxygen atoms in total. The van der Waals surface area contributed by atoms with Crippen LogP contribution in [0.1, 0.15) is 44.9 Å². The first-order valence-electron chi connectivity index (χ1n) is 7.21. The molecule has 0 bridgehead atoms. The molecule has 0 spiro atoms. The Morgan fingerprint density at radius 1 is 1.35 bits per heavy atom. The van der Waals surface area contributed by atoms with E-state index in [0.717, 1.165) is 30.7 Å². The molecule has 0 amide bonds. The molecule has 6 heteroatoms. The SMILES string of the molecule is CC1CCC(NS(=O)(=O)c2ccc(CNC(C)C)s2)C1. The van der Waals surface area contributed by atoms with Crippen molar-refractivity contribution in [3.8, 4) is 0 Å². The van der Waals surface area contributed by atoms with Gasteiger partial charge in [-0.1, -0.05) is 20.8 Å². The Bertz CT molecular complexity index is 537. The lowest BCUT2D eigenvalue weighted by atomic mass is 10.1. The minimum Gasteiger partial charge on any atom is -0.310 e. The molecular weight excluding hydrogens is 292 g/mol. The summed E-state index contributed by atoms with van der Waals surface area (Å²) in [5.74, 6) is 0.622. The molecule has 1 aromatic heterocycles. The van der Waals surface area contributed by atoms with E-state index in [-0.39, 0.29) is 6.04 Å². The largest absolute Gasteiger partial charge is 0.310 e. The van der Waals surface area contributed by atoms with Gasteiger partial charge in [-0.05, 0) is 37.3 Å². The fourth-order valence-electron chi connectivity index (χ4n) is 2.49.